The Bertz CT molecular complexity index is 614. The first-order chi connectivity index (χ1) is 9.08. The van der Waals surface area contributed by atoms with Gasteiger partial charge in [-0.2, -0.15) is 5.10 Å². The molecular weight excluding hydrogens is 367 g/mol. The Balaban J connectivity index is 2.01. The first kappa shape index (κ1) is 13.0. The molecule has 0 aromatic carbocycles. The van der Waals surface area contributed by atoms with Crippen molar-refractivity contribution < 1.29 is 8.78 Å². The number of halogens is 3. The van der Waals surface area contributed by atoms with E-state index >= 15 is 0 Å². The highest BCUT2D eigenvalue weighted by atomic mass is 127. The molecular formula is C11H12F2IN5. The third-order valence-electron chi connectivity index (χ3n) is 3.40. The SMILES string of the molecule is Nc1nccc2c1c(I)nn2C1CN[C@@H](C(F)F)C1. The average Bonchev–Trinajstić information content (AvgIpc) is 2.95. The van der Waals surface area contributed by atoms with Crippen LogP contribution in [0.3, 0.4) is 0 Å². The highest BCUT2D eigenvalue weighted by Crippen LogP contribution is 2.30. The zero-order chi connectivity index (χ0) is 13.6. The molecule has 2 atom stereocenters. The summed E-state index contributed by atoms with van der Waals surface area (Å²) in [6, 6.07) is 0.976. The summed E-state index contributed by atoms with van der Waals surface area (Å²) in [4.78, 5) is 4.04. The molecule has 0 spiro atoms. The Morgan fingerprint density at radius 1 is 1.53 bits per heavy atom. The van der Waals surface area contributed by atoms with E-state index in [-0.39, 0.29) is 6.04 Å². The fraction of sp³-hybridized carbons (Fsp3) is 0.455. The van der Waals surface area contributed by atoms with Crippen LogP contribution >= 0.6 is 22.6 Å². The number of aromatic nitrogens is 3. The lowest BCUT2D eigenvalue weighted by Gasteiger charge is -2.11. The number of hydrogen-bond acceptors (Lipinski definition) is 4. The molecule has 1 unspecified atom stereocenters. The van der Waals surface area contributed by atoms with Gasteiger partial charge in [-0.05, 0) is 35.1 Å². The van der Waals surface area contributed by atoms with E-state index in [9.17, 15) is 8.78 Å². The van der Waals surface area contributed by atoms with E-state index in [1.165, 1.54) is 0 Å². The topological polar surface area (TPSA) is 68.8 Å². The predicted octanol–water partition coefficient (Wildman–Crippen LogP) is 1.79. The molecule has 0 bridgehead atoms. The van der Waals surface area contributed by atoms with Gasteiger partial charge in [-0.1, -0.05) is 0 Å². The van der Waals surface area contributed by atoms with Gasteiger partial charge in [-0.3, -0.25) is 4.68 Å². The molecule has 1 fully saturated rings. The van der Waals surface area contributed by atoms with Crippen molar-refractivity contribution in [1.29, 1.82) is 0 Å². The molecule has 1 saturated heterocycles. The van der Waals surface area contributed by atoms with Crippen LogP contribution in [0.4, 0.5) is 14.6 Å². The van der Waals surface area contributed by atoms with Crippen molar-refractivity contribution in [3.05, 3.63) is 16.0 Å². The number of pyridine rings is 1. The first-order valence-corrected chi connectivity index (χ1v) is 6.95. The van der Waals surface area contributed by atoms with Gasteiger partial charge in [-0.25, -0.2) is 13.8 Å². The Morgan fingerprint density at radius 3 is 3.00 bits per heavy atom. The van der Waals surface area contributed by atoms with E-state index in [2.05, 4.69) is 38.0 Å². The number of nitrogens with zero attached hydrogens (tertiary/aromatic N) is 3. The third-order valence-corrected chi connectivity index (χ3v) is 4.15. The molecule has 0 amide bonds. The number of alkyl halides is 2. The van der Waals surface area contributed by atoms with Crippen LogP contribution in [0.25, 0.3) is 10.9 Å². The summed E-state index contributed by atoms with van der Waals surface area (Å²) in [5.74, 6) is 0.421. The Morgan fingerprint density at radius 2 is 2.32 bits per heavy atom. The number of fused-ring (bicyclic) bond motifs is 1. The van der Waals surface area contributed by atoms with Crippen LogP contribution in [-0.2, 0) is 0 Å². The molecule has 2 aromatic heterocycles. The number of nitrogen functional groups attached to an aromatic ring is 1. The first-order valence-electron chi connectivity index (χ1n) is 5.87. The summed E-state index contributed by atoms with van der Waals surface area (Å²) in [5, 5.41) is 8.05. The van der Waals surface area contributed by atoms with Crippen LogP contribution in [0.5, 0.6) is 0 Å². The second-order valence-electron chi connectivity index (χ2n) is 4.56. The van der Waals surface area contributed by atoms with Crippen molar-refractivity contribution in [2.45, 2.75) is 24.9 Å². The maximum absolute atomic E-state index is 12.7. The minimum absolute atomic E-state index is 0.0770. The Labute approximate surface area is 121 Å². The van der Waals surface area contributed by atoms with Crippen molar-refractivity contribution in [3.63, 3.8) is 0 Å². The highest BCUT2D eigenvalue weighted by molar-refractivity contribution is 14.1. The summed E-state index contributed by atoms with van der Waals surface area (Å²) >= 11 is 2.09. The molecule has 3 N–H and O–H groups in total. The van der Waals surface area contributed by atoms with Crippen molar-refractivity contribution in [2.75, 3.05) is 12.3 Å². The standard InChI is InChI=1S/C11H12F2IN5/c12-9(13)6-3-5(4-17-6)19-7-1-2-16-11(15)8(7)10(14)18-19/h1-2,5-6,9,17H,3-4H2,(H2,15,16)/t5?,6-/m1/s1. The van der Waals surface area contributed by atoms with E-state index < -0.39 is 12.5 Å². The lowest BCUT2D eigenvalue weighted by atomic mass is 10.2. The van der Waals surface area contributed by atoms with Gasteiger partial charge in [0.2, 0.25) is 0 Å². The van der Waals surface area contributed by atoms with Gasteiger partial charge in [0.05, 0.1) is 23.0 Å². The van der Waals surface area contributed by atoms with Crippen molar-refractivity contribution >= 4 is 39.3 Å². The summed E-state index contributed by atoms with van der Waals surface area (Å²) in [6.07, 6.45) is -0.372. The molecule has 1 aliphatic rings. The van der Waals surface area contributed by atoms with Gasteiger partial charge >= 0.3 is 0 Å². The van der Waals surface area contributed by atoms with Crippen LogP contribution in [-0.4, -0.2) is 33.8 Å². The number of anilines is 1. The summed E-state index contributed by atoms with van der Waals surface area (Å²) < 4.78 is 27.9. The smallest absolute Gasteiger partial charge is 0.253 e. The molecule has 8 heteroatoms. The second kappa shape index (κ2) is 4.82. The zero-order valence-electron chi connectivity index (χ0n) is 9.85. The molecule has 1 aliphatic heterocycles. The normalized spacial score (nSPS) is 23.6. The maximum Gasteiger partial charge on any atom is 0.253 e. The van der Waals surface area contributed by atoms with Gasteiger partial charge in [0.1, 0.15) is 9.52 Å². The lowest BCUT2D eigenvalue weighted by Crippen LogP contribution is -2.28. The molecule has 19 heavy (non-hydrogen) atoms. The van der Waals surface area contributed by atoms with E-state index in [1.54, 1.807) is 10.9 Å². The predicted molar refractivity (Wildman–Crippen MR) is 76.1 cm³/mol. The molecule has 0 aliphatic carbocycles. The maximum atomic E-state index is 12.7. The fourth-order valence-electron chi connectivity index (χ4n) is 2.47. The van der Waals surface area contributed by atoms with Crippen LogP contribution < -0.4 is 11.1 Å². The fourth-order valence-corrected chi connectivity index (χ4v) is 3.26. The molecule has 102 valence electrons. The van der Waals surface area contributed by atoms with Crippen LogP contribution in [0.2, 0.25) is 0 Å². The largest absolute Gasteiger partial charge is 0.383 e. The van der Waals surface area contributed by atoms with Crippen LogP contribution in [0, 0.1) is 3.70 Å². The van der Waals surface area contributed by atoms with E-state index in [0.717, 1.165) is 14.6 Å². The molecule has 0 saturated carbocycles. The second-order valence-corrected chi connectivity index (χ2v) is 5.59. The quantitative estimate of drug-likeness (QED) is 0.781. The minimum Gasteiger partial charge on any atom is -0.383 e. The summed E-state index contributed by atoms with van der Waals surface area (Å²) in [6.45, 7) is 0.490. The summed E-state index contributed by atoms with van der Waals surface area (Å²) in [5.41, 5.74) is 6.69. The van der Waals surface area contributed by atoms with Crippen LogP contribution in [0.15, 0.2) is 12.3 Å². The van der Waals surface area contributed by atoms with Gasteiger partial charge < -0.3 is 11.1 Å². The monoisotopic (exact) mass is 379 g/mol. The van der Waals surface area contributed by atoms with Crippen molar-refractivity contribution in [3.8, 4) is 0 Å². The Hall–Kier alpha value is -1.03. The van der Waals surface area contributed by atoms with Gasteiger partial charge in [0.15, 0.2) is 0 Å². The molecule has 2 aromatic rings. The minimum atomic E-state index is -2.35. The van der Waals surface area contributed by atoms with Crippen LogP contribution in [0.1, 0.15) is 12.5 Å². The van der Waals surface area contributed by atoms with Gasteiger partial charge in [0.25, 0.3) is 6.43 Å². The van der Waals surface area contributed by atoms with Gasteiger partial charge in [0, 0.05) is 12.7 Å². The molecule has 5 nitrogen and oxygen atoms in total. The van der Waals surface area contributed by atoms with Gasteiger partial charge in [-0.15, -0.1) is 0 Å². The van der Waals surface area contributed by atoms with Crippen molar-refractivity contribution in [1.82, 2.24) is 20.1 Å². The zero-order valence-corrected chi connectivity index (χ0v) is 12.0. The summed E-state index contributed by atoms with van der Waals surface area (Å²) in [7, 11) is 0. The molecule has 0 radical (unpaired) electrons. The Kier molecular flexibility index (Phi) is 3.29. The lowest BCUT2D eigenvalue weighted by molar-refractivity contribution is 0.106. The number of hydrogen-bond donors (Lipinski definition) is 2. The van der Waals surface area contributed by atoms with E-state index in [4.69, 9.17) is 5.73 Å². The third kappa shape index (κ3) is 2.16. The number of nitrogens with two attached hydrogens (primary N) is 1. The van der Waals surface area contributed by atoms with E-state index in [0.29, 0.717) is 18.8 Å². The highest BCUT2D eigenvalue weighted by Gasteiger charge is 2.33. The number of nitrogens with one attached hydrogen (secondary N) is 1. The van der Waals surface area contributed by atoms with E-state index in [1.807, 2.05) is 6.07 Å². The molecule has 3 rings (SSSR count). The average molecular weight is 379 g/mol. The molecule has 3 heterocycles. The van der Waals surface area contributed by atoms with Crippen molar-refractivity contribution in [2.24, 2.45) is 0 Å². The number of rotatable bonds is 2.